The van der Waals surface area contributed by atoms with E-state index in [1.165, 1.54) is 5.56 Å². The Morgan fingerprint density at radius 3 is 2.51 bits per heavy atom. The number of pyridine rings is 1. The SMILES string of the molecule is CCC(C)c1ccc(OCCCCn2c(C(C)NC(=O)c3ccccn3)nc3ccccc32)cc1. The fourth-order valence-corrected chi connectivity index (χ4v) is 4.18. The summed E-state index contributed by atoms with van der Waals surface area (Å²) in [5.41, 5.74) is 3.75. The average Bonchev–Trinajstić information content (AvgIpc) is 3.27. The number of hydrogen-bond donors (Lipinski definition) is 1. The van der Waals surface area contributed by atoms with E-state index < -0.39 is 0 Å². The van der Waals surface area contributed by atoms with Crippen LogP contribution in [0.5, 0.6) is 5.75 Å². The first-order valence-corrected chi connectivity index (χ1v) is 12.5. The quantitative estimate of drug-likeness (QED) is 0.261. The lowest BCUT2D eigenvalue weighted by molar-refractivity contribution is 0.0932. The summed E-state index contributed by atoms with van der Waals surface area (Å²) in [6, 6.07) is 21.6. The molecule has 4 aromatic rings. The summed E-state index contributed by atoms with van der Waals surface area (Å²) in [5, 5.41) is 3.04. The van der Waals surface area contributed by atoms with E-state index in [2.05, 4.69) is 59.0 Å². The van der Waals surface area contributed by atoms with Gasteiger partial charge >= 0.3 is 0 Å². The number of carbonyl (C=O) groups excluding carboxylic acids is 1. The third-order valence-electron chi connectivity index (χ3n) is 6.42. The van der Waals surface area contributed by atoms with Crippen LogP contribution in [0.1, 0.15) is 73.9 Å². The molecular weight excluding hydrogens is 436 g/mol. The van der Waals surface area contributed by atoms with Gasteiger partial charge in [-0.1, -0.05) is 44.2 Å². The van der Waals surface area contributed by atoms with Gasteiger partial charge in [0.05, 0.1) is 23.7 Å². The summed E-state index contributed by atoms with van der Waals surface area (Å²) in [5.74, 6) is 2.12. The van der Waals surface area contributed by atoms with Crippen molar-refractivity contribution in [3.8, 4) is 5.75 Å². The predicted octanol–water partition coefficient (Wildman–Crippen LogP) is 6.30. The maximum atomic E-state index is 12.6. The minimum absolute atomic E-state index is 0.204. The number of rotatable bonds is 11. The van der Waals surface area contributed by atoms with Crippen LogP contribution >= 0.6 is 0 Å². The van der Waals surface area contributed by atoms with Gasteiger partial charge in [-0.15, -0.1) is 0 Å². The van der Waals surface area contributed by atoms with Crippen LogP contribution in [-0.4, -0.2) is 27.0 Å². The topological polar surface area (TPSA) is 69.0 Å². The fourth-order valence-electron chi connectivity index (χ4n) is 4.18. The Kier molecular flexibility index (Phi) is 8.14. The number of benzene rings is 2. The van der Waals surface area contributed by atoms with Gasteiger partial charge in [0.1, 0.15) is 17.3 Å². The van der Waals surface area contributed by atoms with Crippen LogP contribution in [0.2, 0.25) is 0 Å². The molecule has 0 aliphatic rings. The van der Waals surface area contributed by atoms with E-state index in [0.717, 1.165) is 48.4 Å². The fraction of sp³-hybridized carbons (Fsp3) is 0.345. The Morgan fingerprint density at radius 2 is 1.77 bits per heavy atom. The molecule has 0 aliphatic carbocycles. The number of imidazole rings is 1. The molecule has 0 fully saturated rings. The van der Waals surface area contributed by atoms with E-state index >= 15 is 0 Å². The van der Waals surface area contributed by atoms with Gasteiger partial charge in [-0.3, -0.25) is 9.78 Å². The molecule has 2 heterocycles. The molecule has 0 bridgehead atoms. The number of unbranched alkanes of at least 4 members (excludes halogenated alkanes) is 1. The summed E-state index contributed by atoms with van der Waals surface area (Å²) in [6.45, 7) is 7.88. The average molecular weight is 471 g/mol. The Balaban J connectivity index is 1.37. The Morgan fingerprint density at radius 1 is 1.00 bits per heavy atom. The third kappa shape index (κ3) is 6.07. The van der Waals surface area contributed by atoms with Gasteiger partial charge in [0.2, 0.25) is 0 Å². The third-order valence-corrected chi connectivity index (χ3v) is 6.42. The minimum Gasteiger partial charge on any atom is -0.494 e. The molecule has 0 radical (unpaired) electrons. The zero-order chi connectivity index (χ0) is 24.6. The smallest absolute Gasteiger partial charge is 0.270 e. The molecule has 6 nitrogen and oxygen atoms in total. The van der Waals surface area contributed by atoms with Crippen molar-refractivity contribution in [1.29, 1.82) is 0 Å². The highest BCUT2D eigenvalue weighted by atomic mass is 16.5. The van der Waals surface area contributed by atoms with Crippen molar-refractivity contribution in [2.24, 2.45) is 0 Å². The van der Waals surface area contributed by atoms with Crippen molar-refractivity contribution in [3.63, 3.8) is 0 Å². The number of fused-ring (bicyclic) bond motifs is 1. The number of para-hydroxylation sites is 2. The second-order valence-corrected chi connectivity index (χ2v) is 8.95. The molecule has 35 heavy (non-hydrogen) atoms. The Hall–Kier alpha value is -3.67. The maximum Gasteiger partial charge on any atom is 0.270 e. The second kappa shape index (κ2) is 11.6. The standard InChI is InChI=1S/C29H34N4O2/c1-4-21(2)23-14-16-24(17-15-23)35-20-10-9-19-33-27-13-6-5-11-25(27)32-28(33)22(3)31-29(34)26-12-7-8-18-30-26/h5-8,11-18,21-22H,4,9-10,19-20H2,1-3H3,(H,31,34). The number of hydrogen-bond acceptors (Lipinski definition) is 4. The van der Waals surface area contributed by atoms with Crippen LogP contribution in [-0.2, 0) is 6.54 Å². The Labute approximate surface area is 207 Å². The molecule has 0 aliphatic heterocycles. The van der Waals surface area contributed by atoms with Crippen molar-refractivity contribution in [2.45, 2.75) is 58.5 Å². The monoisotopic (exact) mass is 470 g/mol. The lowest BCUT2D eigenvalue weighted by Crippen LogP contribution is -2.29. The van der Waals surface area contributed by atoms with Crippen molar-refractivity contribution < 1.29 is 9.53 Å². The zero-order valence-corrected chi connectivity index (χ0v) is 20.8. The van der Waals surface area contributed by atoms with Gasteiger partial charge in [-0.2, -0.15) is 0 Å². The first-order valence-electron chi connectivity index (χ1n) is 12.5. The molecule has 2 aromatic carbocycles. The first kappa shape index (κ1) is 24.5. The van der Waals surface area contributed by atoms with Crippen LogP contribution < -0.4 is 10.1 Å². The van der Waals surface area contributed by atoms with Gasteiger partial charge in [-0.25, -0.2) is 4.98 Å². The molecule has 0 saturated carbocycles. The largest absolute Gasteiger partial charge is 0.494 e. The highest BCUT2D eigenvalue weighted by Gasteiger charge is 2.19. The highest BCUT2D eigenvalue weighted by Crippen LogP contribution is 2.23. The first-order chi connectivity index (χ1) is 17.1. The molecule has 2 unspecified atom stereocenters. The second-order valence-electron chi connectivity index (χ2n) is 8.95. The summed E-state index contributed by atoms with van der Waals surface area (Å²) >= 11 is 0. The van der Waals surface area contributed by atoms with Crippen LogP contribution in [0, 0.1) is 0 Å². The molecule has 1 N–H and O–H groups in total. The molecule has 2 aromatic heterocycles. The minimum atomic E-state index is -0.253. The van der Waals surface area contributed by atoms with Crippen molar-refractivity contribution in [3.05, 3.63) is 90.0 Å². The van der Waals surface area contributed by atoms with E-state index in [9.17, 15) is 4.79 Å². The number of carbonyl (C=O) groups is 1. The number of aryl methyl sites for hydroxylation is 1. The molecular formula is C29H34N4O2. The van der Waals surface area contributed by atoms with Gasteiger partial charge < -0.3 is 14.6 Å². The molecule has 182 valence electrons. The van der Waals surface area contributed by atoms with Gasteiger partial charge in [0.15, 0.2) is 0 Å². The summed E-state index contributed by atoms with van der Waals surface area (Å²) in [6.07, 6.45) is 4.63. The van der Waals surface area contributed by atoms with Crippen LogP contribution in [0.4, 0.5) is 0 Å². The number of amides is 1. The number of nitrogens with one attached hydrogen (secondary N) is 1. The lowest BCUT2D eigenvalue weighted by Gasteiger charge is -2.16. The lowest BCUT2D eigenvalue weighted by atomic mass is 9.99. The van der Waals surface area contributed by atoms with Crippen LogP contribution in [0.15, 0.2) is 72.9 Å². The molecule has 1 amide bonds. The van der Waals surface area contributed by atoms with E-state index in [1.54, 1.807) is 18.3 Å². The molecule has 6 heteroatoms. The molecule has 2 atom stereocenters. The summed E-state index contributed by atoms with van der Waals surface area (Å²) in [7, 11) is 0. The van der Waals surface area contributed by atoms with E-state index in [-0.39, 0.29) is 11.9 Å². The zero-order valence-electron chi connectivity index (χ0n) is 20.8. The maximum absolute atomic E-state index is 12.6. The van der Waals surface area contributed by atoms with E-state index in [1.807, 2.05) is 31.2 Å². The van der Waals surface area contributed by atoms with E-state index in [4.69, 9.17) is 9.72 Å². The normalized spacial score (nSPS) is 12.9. The number of ether oxygens (including phenoxy) is 1. The number of nitrogens with zero attached hydrogens (tertiary/aromatic N) is 3. The molecule has 4 rings (SSSR count). The van der Waals surface area contributed by atoms with Crippen LogP contribution in [0.3, 0.4) is 0 Å². The van der Waals surface area contributed by atoms with Crippen LogP contribution in [0.25, 0.3) is 11.0 Å². The highest BCUT2D eigenvalue weighted by molar-refractivity contribution is 5.92. The Bertz CT molecular complexity index is 1230. The van der Waals surface area contributed by atoms with Gasteiger partial charge in [0.25, 0.3) is 5.91 Å². The summed E-state index contributed by atoms with van der Waals surface area (Å²) in [4.78, 5) is 21.6. The van der Waals surface area contributed by atoms with Crippen molar-refractivity contribution in [1.82, 2.24) is 19.9 Å². The predicted molar refractivity (Wildman–Crippen MR) is 140 cm³/mol. The number of aromatic nitrogens is 3. The summed E-state index contributed by atoms with van der Waals surface area (Å²) < 4.78 is 8.18. The van der Waals surface area contributed by atoms with Gasteiger partial charge in [0, 0.05) is 12.7 Å². The molecule has 0 spiro atoms. The van der Waals surface area contributed by atoms with Crippen molar-refractivity contribution in [2.75, 3.05) is 6.61 Å². The van der Waals surface area contributed by atoms with Crippen molar-refractivity contribution >= 4 is 16.9 Å². The van der Waals surface area contributed by atoms with E-state index in [0.29, 0.717) is 18.2 Å². The molecule has 0 saturated heterocycles. The van der Waals surface area contributed by atoms with Gasteiger partial charge in [-0.05, 0) is 74.1 Å².